The van der Waals surface area contributed by atoms with E-state index in [4.69, 9.17) is 4.42 Å². The van der Waals surface area contributed by atoms with Crippen LogP contribution in [0, 0.1) is 6.92 Å². The van der Waals surface area contributed by atoms with Crippen molar-refractivity contribution in [2.24, 2.45) is 0 Å². The number of hydrogen-bond acceptors (Lipinski definition) is 4. The zero-order valence-electron chi connectivity index (χ0n) is 19.3. The van der Waals surface area contributed by atoms with Crippen molar-refractivity contribution in [2.45, 2.75) is 26.2 Å². The van der Waals surface area contributed by atoms with Gasteiger partial charge in [-0.2, -0.15) is 0 Å². The Balaban J connectivity index is 1.10. The first kappa shape index (κ1) is 21.9. The number of rotatable bonds is 6. The van der Waals surface area contributed by atoms with E-state index in [1.807, 2.05) is 71.5 Å². The third kappa shape index (κ3) is 4.73. The number of hydrogen-bond donors (Lipinski definition) is 1. The Morgan fingerprint density at radius 2 is 1.68 bits per heavy atom. The average molecular weight is 457 g/mol. The molecule has 0 saturated carbocycles. The predicted molar refractivity (Wildman–Crippen MR) is 130 cm³/mol. The first-order chi connectivity index (χ1) is 16.6. The second-order valence-corrected chi connectivity index (χ2v) is 8.78. The highest BCUT2D eigenvalue weighted by Crippen LogP contribution is 2.22. The van der Waals surface area contributed by atoms with E-state index >= 15 is 0 Å². The summed E-state index contributed by atoms with van der Waals surface area (Å²) >= 11 is 0. The zero-order chi connectivity index (χ0) is 23.5. The van der Waals surface area contributed by atoms with Crippen LogP contribution in [0.4, 0.5) is 0 Å². The van der Waals surface area contributed by atoms with Crippen LogP contribution in [0.5, 0.6) is 0 Å². The lowest BCUT2D eigenvalue weighted by Crippen LogP contribution is -2.51. The van der Waals surface area contributed by atoms with E-state index in [0.29, 0.717) is 57.1 Å². The highest BCUT2D eigenvalue weighted by molar-refractivity contribution is 5.89. The van der Waals surface area contributed by atoms with Gasteiger partial charge in [-0.3, -0.25) is 9.59 Å². The van der Waals surface area contributed by atoms with Crippen LogP contribution in [0.15, 0.2) is 65.3 Å². The summed E-state index contributed by atoms with van der Waals surface area (Å²) in [6, 6.07) is 16.1. The minimum Gasteiger partial charge on any atom is -0.441 e. The molecular weight excluding hydrogens is 428 g/mol. The number of fused-ring (bicyclic) bond motifs is 1. The zero-order valence-corrected chi connectivity index (χ0v) is 19.3. The van der Waals surface area contributed by atoms with Gasteiger partial charge in [0.15, 0.2) is 11.7 Å². The molecule has 2 aromatic heterocycles. The number of para-hydroxylation sites is 1. The van der Waals surface area contributed by atoms with Crippen LogP contribution in [-0.4, -0.2) is 57.8 Å². The monoisotopic (exact) mass is 456 g/mol. The molecule has 0 spiro atoms. The van der Waals surface area contributed by atoms with Gasteiger partial charge in [0.2, 0.25) is 11.8 Å². The van der Waals surface area contributed by atoms with Gasteiger partial charge in [0.05, 0.1) is 12.6 Å². The van der Waals surface area contributed by atoms with Crippen LogP contribution < -0.4 is 0 Å². The average Bonchev–Trinajstić information content (AvgIpc) is 3.51. The van der Waals surface area contributed by atoms with Gasteiger partial charge in [0.1, 0.15) is 0 Å². The molecule has 174 valence electrons. The molecule has 0 atom stereocenters. The maximum absolute atomic E-state index is 12.8. The molecule has 5 rings (SSSR count). The third-order valence-electron chi connectivity index (χ3n) is 6.44. The SMILES string of the molecule is Cc1ccc(-c2cnc(CCC(=O)N3CCN(C(=O)Cc4c[nH]c5ccccc45)CC3)o2)cc1. The number of amides is 2. The number of carbonyl (C=O) groups excluding carboxylic acids is 2. The normalized spacial score (nSPS) is 14.0. The van der Waals surface area contributed by atoms with Gasteiger partial charge in [-0.05, 0) is 18.6 Å². The Labute approximate surface area is 198 Å². The number of carbonyl (C=O) groups is 2. The van der Waals surface area contributed by atoms with E-state index < -0.39 is 0 Å². The standard InChI is InChI=1S/C27H28N4O3/c1-19-6-8-20(9-7-19)24-18-29-25(34-24)10-11-26(32)30-12-14-31(15-13-30)27(33)16-21-17-28-23-5-3-2-4-22(21)23/h2-9,17-18,28H,10-16H2,1H3. The lowest BCUT2D eigenvalue weighted by molar-refractivity contribution is -0.139. The second kappa shape index (κ2) is 9.55. The highest BCUT2D eigenvalue weighted by Gasteiger charge is 2.25. The van der Waals surface area contributed by atoms with Gasteiger partial charge in [-0.1, -0.05) is 48.0 Å². The molecule has 0 unspecified atom stereocenters. The molecular formula is C27H28N4O3. The molecule has 0 bridgehead atoms. The van der Waals surface area contributed by atoms with Gasteiger partial charge < -0.3 is 19.2 Å². The molecule has 7 heteroatoms. The first-order valence-electron chi connectivity index (χ1n) is 11.7. The summed E-state index contributed by atoms with van der Waals surface area (Å²) in [6.45, 7) is 4.27. The summed E-state index contributed by atoms with van der Waals surface area (Å²) in [5.74, 6) is 1.44. The minimum atomic E-state index is 0.0683. The van der Waals surface area contributed by atoms with Crippen LogP contribution in [-0.2, 0) is 22.4 Å². The largest absolute Gasteiger partial charge is 0.441 e. The molecule has 3 heterocycles. The fourth-order valence-corrected chi connectivity index (χ4v) is 4.41. The molecule has 4 aromatic rings. The number of aryl methyl sites for hydroxylation is 2. The van der Waals surface area contributed by atoms with E-state index in [2.05, 4.69) is 9.97 Å². The molecule has 2 amide bonds. The van der Waals surface area contributed by atoms with E-state index in [1.165, 1.54) is 5.56 Å². The van der Waals surface area contributed by atoms with Crippen molar-refractivity contribution in [2.75, 3.05) is 26.2 Å². The Bertz CT molecular complexity index is 1300. The van der Waals surface area contributed by atoms with Gasteiger partial charge in [0, 0.05) is 61.7 Å². The van der Waals surface area contributed by atoms with Crippen molar-refractivity contribution >= 4 is 22.7 Å². The first-order valence-corrected chi connectivity index (χ1v) is 11.7. The van der Waals surface area contributed by atoms with Crippen LogP contribution >= 0.6 is 0 Å². The predicted octanol–water partition coefficient (Wildman–Crippen LogP) is 3.98. The van der Waals surface area contributed by atoms with E-state index in [9.17, 15) is 9.59 Å². The molecule has 34 heavy (non-hydrogen) atoms. The molecule has 0 radical (unpaired) electrons. The smallest absolute Gasteiger partial charge is 0.227 e. The summed E-state index contributed by atoms with van der Waals surface area (Å²) in [6.07, 6.45) is 4.80. The summed E-state index contributed by atoms with van der Waals surface area (Å²) in [5, 5.41) is 1.08. The Morgan fingerprint density at radius 1 is 0.971 bits per heavy atom. The van der Waals surface area contributed by atoms with E-state index in [1.54, 1.807) is 6.20 Å². The lowest BCUT2D eigenvalue weighted by Gasteiger charge is -2.34. The molecule has 7 nitrogen and oxygen atoms in total. The second-order valence-electron chi connectivity index (χ2n) is 8.78. The van der Waals surface area contributed by atoms with Crippen molar-refractivity contribution in [1.29, 1.82) is 0 Å². The highest BCUT2D eigenvalue weighted by atomic mass is 16.4. The molecule has 1 aliphatic heterocycles. The number of aromatic nitrogens is 2. The topological polar surface area (TPSA) is 82.4 Å². The van der Waals surface area contributed by atoms with Crippen LogP contribution in [0.2, 0.25) is 0 Å². The summed E-state index contributed by atoms with van der Waals surface area (Å²) in [4.78, 5) is 36.8. The van der Waals surface area contributed by atoms with Gasteiger partial charge in [-0.25, -0.2) is 4.98 Å². The summed E-state index contributed by atoms with van der Waals surface area (Å²) < 4.78 is 5.84. The number of piperazine rings is 1. The Hall–Kier alpha value is -3.87. The van der Waals surface area contributed by atoms with Gasteiger partial charge in [-0.15, -0.1) is 0 Å². The van der Waals surface area contributed by atoms with Crippen molar-refractivity contribution < 1.29 is 14.0 Å². The van der Waals surface area contributed by atoms with Gasteiger partial charge in [0.25, 0.3) is 0 Å². The van der Waals surface area contributed by atoms with Crippen LogP contribution in [0.25, 0.3) is 22.2 Å². The van der Waals surface area contributed by atoms with E-state index in [-0.39, 0.29) is 11.8 Å². The van der Waals surface area contributed by atoms with Crippen molar-refractivity contribution in [3.8, 4) is 11.3 Å². The number of nitrogens with one attached hydrogen (secondary N) is 1. The minimum absolute atomic E-state index is 0.0683. The number of aromatic amines is 1. The van der Waals surface area contributed by atoms with Crippen LogP contribution in [0.1, 0.15) is 23.4 Å². The molecule has 0 aliphatic carbocycles. The fourth-order valence-electron chi connectivity index (χ4n) is 4.41. The van der Waals surface area contributed by atoms with E-state index in [0.717, 1.165) is 22.0 Å². The van der Waals surface area contributed by atoms with Crippen LogP contribution in [0.3, 0.4) is 0 Å². The molecule has 1 aliphatic rings. The third-order valence-corrected chi connectivity index (χ3v) is 6.44. The molecule has 1 fully saturated rings. The number of oxazole rings is 1. The molecule has 1 N–H and O–H groups in total. The van der Waals surface area contributed by atoms with Crippen molar-refractivity contribution in [1.82, 2.24) is 19.8 Å². The maximum atomic E-state index is 12.8. The van der Waals surface area contributed by atoms with Crippen molar-refractivity contribution in [3.05, 3.63) is 77.9 Å². The van der Waals surface area contributed by atoms with Crippen molar-refractivity contribution in [3.63, 3.8) is 0 Å². The fraction of sp³-hybridized carbons (Fsp3) is 0.296. The molecule has 1 saturated heterocycles. The summed E-state index contributed by atoms with van der Waals surface area (Å²) in [5.41, 5.74) is 4.21. The number of benzene rings is 2. The number of nitrogens with zero attached hydrogens (tertiary/aromatic N) is 3. The van der Waals surface area contributed by atoms with Gasteiger partial charge >= 0.3 is 0 Å². The summed E-state index contributed by atoms with van der Waals surface area (Å²) in [7, 11) is 0. The quantitative estimate of drug-likeness (QED) is 0.476. The Kier molecular flexibility index (Phi) is 6.16. The maximum Gasteiger partial charge on any atom is 0.227 e. The Morgan fingerprint density at radius 3 is 2.44 bits per heavy atom. The molecule has 2 aromatic carbocycles. The number of H-pyrrole nitrogens is 1. The lowest BCUT2D eigenvalue weighted by atomic mass is 10.1.